The lowest BCUT2D eigenvalue weighted by atomic mass is 9.70. The second kappa shape index (κ2) is 7.27. The highest BCUT2D eigenvalue weighted by Gasteiger charge is 2.43. The summed E-state index contributed by atoms with van der Waals surface area (Å²) >= 11 is 0. The number of benzene rings is 1. The van der Waals surface area contributed by atoms with E-state index in [2.05, 4.69) is 55.6 Å². The number of hydrogen-bond acceptors (Lipinski definition) is 2. The number of piperidine rings is 1. The molecule has 1 saturated heterocycles. The number of carbonyl (C=O) groups excluding carboxylic acids is 1. The molecule has 29 heavy (non-hydrogen) atoms. The number of likely N-dealkylation sites (N-methyl/N-ethyl adjacent to an activating group) is 1. The monoisotopic (exact) mass is 392 g/mol. The molecule has 1 aromatic heterocycles. The normalized spacial score (nSPS) is 26.9. The van der Waals surface area contributed by atoms with Crippen LogP contribution in [-0.4, -0.2) is 34.9 Å². The van der Waals surface area contributed by atoms with Crippen LogP contribution in [0.1, 0.15) is 81.0 Å². The standard InChI is InChI=1S/C26H36N2O/c1-5-16(6-2)12-24(29)18-13-20-19-8-7-9-22-25(19)21(14-23(20)27(3)15-18)26(28(22)4)17-10-11-17/h7-9,16-18,20,23H,5-6,10-15H2,1-4H3/t18?,20?,23-/m1/s1. The third kappa shape index (κ3) is 3.08. The van der Waals surface area contributed by atoms with Gasteiger partial charge in [0.05, 0.1) is 0 Å². The molecule has 3 atom stereocenters. The van der Waals surface area contributed by atoms with Crippen LogP contribution in [0.2, 0.25) is 0 Å². The fourth-order valence-electron chi connectivity index (χ4n) is 6.45. The van der Waals surface area contributed by atoms with Gasteiger partial charge in [-0.3, -0.25) is 4.79 Å². The Kier molecular flexibility index (Phi) is 4.85. The number of carbonyl (C=O) groups is 1. The second-order valence-corrected chi connectivity index (χ2v) is 10.0. The molecule has 1 saturated carbocycles. The minimum atomic E-state index is 0.199. The maximum absolute atomic E-state index is 13.2. The summed E-state index contributed by atoms with van der Waals surface area (Å²) in [5, 5.41) is 1.53. The van der Waals surface area contributed by atoms with Crippen LogP contribution in [-0.2, 0) is 18.3 Å². The van der Waals surface area contributed by atoms with E-state index in [9.17, 15) is 4.79 Å². The summed E-state index contributed by atoms with van der Waals surface area (Å²) in [5.41, 5.74) is 6.15. The molecule has 3 nitrogen and oxygen atoms in total. The van der Waals surface area contributed by atoms with E-state index in [0.29, 0.717) is 23.7 Å². The molecule has 0 spiro atoms. The molecule has 5 rings (SSSR count). The molecular weight excluding hydrogens is 356 g/mol. The van der Waals surface area contributed by atoms with Gasteiger partial charge in [-0.05, 0) is 61.8 Å². The van der Waals surface area contributed by atoms with Crippen molar-refractivity contribution in [2.45, 2.75) is 76.7 Å². The first-order chi connectivity index (χ1) is 14.0. The lowest BCUT2D eigenvalue weighted by molar-refractivity contribution is -0.126. The van der Waals surface area contributed by atoms with Crippen LogP contribution in [0.15, 0.2) is 18.2 Å². The van der Waals surface area contributed by atoms with E-state index in [1.165, 1.54) is 29.3 Å². The van der Waals surface area contributed by atoms with Gasteiger partial charge in [0.15, 0.2) is 0 Å². The minimum absolute atomic E-state index is 0.199. The van der Waals surface area contributed by atoms with E-state index in [0.717, 1.165) is 44.6 Å². The topological polar surface area (TPSA) is 25.2 Å². The van der Waals surface area contributed by atoms with E-state index in [1.54, 1.807) is 11.3 Å². The average Bonchev–Trinajstić information content (AvgIpc) is 3.52. The number of hydrogen-bond donors (Lipinski definition) is 0. The molecule has 1 aromatic carbocycles. The average molecular weight is 393 g/mol. The first-order valence-corrected chi connectivity index (χ1v) is 11.9. The third-order valence-electron chi connectivity index (χ3n) is 8.36. The molecule has 2 aromatic rings. The Labute approximate surface area is 175 Å². The van der Waals surface area contributed by atoms with Crippen molar-refractivity contribution in [1.29, 1.82) is 0 Å². The molecule has 0 amide bonds. The van der Waals surface area contributed by atoms with Crippen LogP contribution < -0.4 is 0 Å². The molecule has 2 unspecified atom stereocenters. The summed E-state index contributed by atoms with van der Waals surface area (Å²) in [4.78, 5) is 15.7. The third-order valence-corrected chi connectivity index (χ3v) is 8.36. The van der Waals surface area contributed by atoms with Gasteiger partial charge in [-0.1, -0.05) is 38.8 Å². The highest BCUT2D eigenvalue weighted by molar-refractivity contribution is 5.91. The summed E-state index contributed by atoms with van der Waals surface area (Å²) < 4.78 is 2.49. The van der Waals surface area contributed by atoms with Crippen molar-refractivity contribution < 1.29 is 4.79 Å². The number of nitrogens with zero attached hydrogens (tertiary/aromatic N) is 2. The van der Waals surface area contributed by atoms with Gasteiger partial charge in [-0.15, -0.1) is 0 Å². The lowest BCUT2D eigenvalue weighted by Crippen LogP contribution is -2.49. The van der Waals surface area contributed by atoms with Crippen LogP contribution >= 0.6 is 0 Å². The first-order valence-electron chi connectivity index (χ1n) is 11.9. The zero-order valence-corrected chi connectivity index (χ0v) is 18.6. The molecular formula is C26H36N2O. The highest BCUT2D eigenvalue weighted by Crippen LogP contribution is 2.51. The summed E-state index contributed by atoms with van der Waals surface area (Å²) in [5.74, 6) is 2.53. The molecule has 2 heterocycles. The molecule has 3 heteroatoms. The highest BCUT2D eigenvalue weighted by atomic mass is 16.1. The number of Topliss-reactive ketones (excluding diaryl/α,β-unsaturated/α-hetero) is 1. The van der Waals surface area contributed by atoms with Crippen molar-refractivity contribution >= 4 is 16.7 Å². The van der Waals surface area contributed by atoms with Crippen molar-refractivity contribution in [3.05, 3.63) is 35.0 Å². The smallest absolute Gasteiger partial charge is 0.137 e. The SMILES string of the molecule is CCC(CC)CC(=O)C1CC2c3cccc4c3c(c(C3CC3)n4C)C[C@H]2N(C)C1. The van der Waals surface area contributed by atoms with E-state index >= 15 is 0 Å². The number of aromatic nitrogens is 1. The number of aryl methyl sites for hydroxylation is 1. The van der Waals surface area contributed by atoms with E-state index in [1.807, 2.05) is 0 Å². The Morgan fingerprint density at radius 1 is 1.17 bits per heavy atom. The first kappa shape index (κ1) is 19.4. The van der Waals surface area contributed by atoms with Crippen LogP contribution in [0.5, 0.6) is 0 Å². The Morgan fingerprint density at radius 2 is 1.93 bits per heavy atom. The number of fused-ring (bicyclic) bond motifs is 2. The van der Waals surface area contributed by atoms with E-state index in [4.69, 9.17) is 0 Å². The van der Waals surface area contributed by atoms with Gasteiger partial charge in [0, 0.05) is 54.5 Å². The maximum Gasteiger partial charge on any atom is 0.137 e. The van der Waals surface area contributed by atoms with Gasteiger partial charge in [0.2, 0.25) is 0 Å². The van der Waals surface area contributed by atoms with Crippen LogP contribution in [0.25, 0.3) is 10.9 Å². The van der Waals surface area contributed by atoms with Gasteiger partial charge in [0.25, 0.3) is 0 Å². The number of likely N-dealkylation sites (tertiary alicyclic amines) is 1. The van der Waals surface area contributed by atoms with Gasteiger partial charge in [-0.25, -0.2) is 0 Å². The Balaban J connectivity index is 1.51. The predicted molar refractivity (Wildman–Crippen MR) is 120 cm³/mol. The molecule has 156 valence electrons. The Hall–Kier alpha value is -1.61. The molecule has 1 aliphatic heterocycles. The summed E-state index contributed by atoms with van der Waals surface area (Å²) in [6.07, 6.45) is 7.91. The van der Waals surface area contributed by atoms with Crippen molar-refractivity contribution in [3.8, 4) is 0 Å². The zero-order chi connectivity index (χ0) is 20.3. The predicted octanol–water partition coefficient (Wildman–Crippen LogP) is 5.41. The van der Waals surface area contributed by atoms with Crippen molar-refractivity contribution in [2.75, 3.05) is 13.6 Å². The fraction of sp³-hybridized carbons (Fsp3) is 0.654. The zero-order valence-electron chi connectivity index (χ0n) is 18.6. The summed E-state index contributed by atoms with van der Waals surface area (Å²) in [6.45, 7) is 5.39. The molecule has 0 radical (unpaired) electrons. The molecule has 0 N–H and O–H groups in total. The minimum Gasteiger partial charge on any atom is -0.347 e. The number of ketones is 1. The molecule has 2 aliphatic carbocycles. The van der Waals surface area contributed by atoms with Gasteiger partial charge < -0.3 is 9.47 Å². The van der Waals surface area contributed by atoms with Gasteiger partial charge in [-0.2, -0.15) is 0 Å². The van der Waals surface area contributed by atoms with Crippen LogP contribution in [0.4, 0.5) is 0 Å². The number of rotatable bonds is 6. The summed E-state index contributed by atoms with van der Waals surface area (Å²) in [6, 6.07) is 7.46. The summed E-state index contributed by atoms with van der Waals surface area (Å²) in [7, 11) is 4.53. The van der Waals surface area contributed by atoms with E-state index in [-0.39, 0.29) is 5.92 Å². The van der Waals surface area contributed by atoms with Crippen LogP contribution in [0.3, 0.4) is 0 Å². The second-order valence-electron chi connectivity index (χ2n) is 10.0. The quantitative estimate of drug-likeness (QED) is 0.657. The Bertz CT molecular complexity index is 934. The molecule has 2 fully saturated rings. The van der Waals surface area contributed by atoms with Gasteiger partial charge >= 0.3 is 0 Å². The van der Waals surface area contributed by atoms with Gasteiger partial charge in [0.1, 0.15) is 5.78 Å². The van der Waals surface area contributed by atoms with Crippen molar-refractivity contribution in [3.63, 3.8) is 0 Å². The lowest BCUT2D eigenvalue weighted by Gasteiger charge is -2.45. The van der Waals surface area contributed by atoms with E-state index < -0.39 is 0 Å². The van der Waals surface area contributed by atoms with Crippen molar-refractivity contribution in [2.24, 2.45) is 18.9 Å². The Morgan fingerprint density at radius 3 is 2.62 bits per heavy atom. The fourth-order valence-corrected chi connectivity index (χ4v) is 6.45. The van der Waals surface area contributed by atoms with Crippen molar-refractivity contribution in [1.82, 2.24) is 9.47 Å². The molecule has 3 aliphatic rings. The largest absolute Gasteiger partial charge is 0.347 e. The molecule has 0 bridgehead atoms. The van der Waals surface area contributed by atoms with Crippen LogP contribution in [0, 0.1) is 11.8 Å². The maximum atomic E-state index is 13.2.